The van der Waals surface area contributed by atoms with Crippen LogP contribution in [0.5, 0.6) is 5.75 Å². The summed E-state index contributed by atoms with van der Waals surface area (Å²) < 4.78 is 47.3. The number of fused-ring (bicyclic) bond motifs is 1. The minimum absolute atomic E-state index is 0.278. The van der Waals surface area contributed by atoms with Crippen molar-refractivity contribution >= 4 is 17.1 Å². The summed E-state index contributed by atoms with van der Waals surface area (Å²) >= 11 is 0. The number of rotatable bonds is 2. The Bertz CT molecular complexity index is 954. The Morgan fingerprint density at radius 1 is 1.30 bits per heavy atom. The zero-order valence-electron chi connectivity index (χ0n) is 11.4. The Hall–Kier alpha value is -2.95. The highest BCUT2D eigenvalue weighted by atomic mass is 19.2. The number of halogens is 3. The molecule has 0 amide bonds. The van der Waals surface area contributed by atoms with E-state index in [1.165, 1.54) is 0 Å². The molecule has 1 aliphatic carbocycles. The lowest BCUT2D eigenvalue weighted by Crippen LogP contribution is -2.19. The predicted octanol–water partition coefficient (Wildman–Crippen LogP) is 2.79. The summed E-state index contributed by atoms with van der Waals surface area (Å²) in [4.78, 5) is 23.0. The van der Waals surface area contributed by atoms with Gasteiger partial charge in [0.2, 0.25) is 5.43 Å². The van der Waals surface area contributed by atoms with Gasteiger partial charge in [-0.15, -0.1) is 6.42 Å². The van der Waals surface area contributed by atoms with Crippen molar-refractivity contribution in [2.45, 2.75) is 18.9 Å². The minimum atomic E-state index is -1.79. The van der Waals surface area contributed by atoms with E-state index in [2.05, 4.69) is 4.74 Å². The maximum absolute atomic E-state index is 14.2. The van der Waals surface area contributed by atoms with Gasteiger partial charge in [-0.3, -0.25) is 4.79 Å². The van der Waals surface area contributed by atoms with Crippen molar-refractivity contribution in [1.82, 2.24) is 4.57 Å². The smallest absolute Gasteiger partial charge is 0.449 e. The van der Waals surface area contributed by atoms with Crippen LogP contribution in [-0.2, 0) is 0 Å². The van der Waals surface area contributed by atoms with Gasteiger partial charge < -0.3 is 14.4 Å². The quantitative estimate of drug-likeness (QED) is 0.524. The van der Waals surface area contributed by atoms with Gasteiger partial charge in [0.25, 0.3) is 0 Å². The highest BCUT2D eigenvalue weighted by Gasteiger charge is 2.31. The van der Waals surface area contributed by atoms with E-state index in [0.29, 0.717) is 12.8 Å². The summed E-state index contributed by atoms with van der Waals surface area (Å²) in [5.41, 5.74) is -2.39. The molecule has 23 heavy (non-hydrogen) atoms. The molecule has 0 aliphatic heterocycles. The van der Waals surface area contributed by atoms with Gasteiger partial charge in [0.1, 0.15) is 0 Å². The van der Waals surface area contributed by atoms with Crippen LogP contribution in [-0.4, -0.2) is 15.8 Å². The number of pyridine rings is 1. The molecule has 0 unspecified atom stereocenters. The molecule has 2 aromatic rings. The average Bonchev–Trinajstić information content (AvgIpc) is 3.32. The Labute approximate surface area is 126 Å². The van der Waals surface area contributed by atoms with E-state index < -0.39 is 51.3 Å². The first-order chi connectivity index (χ1) is 10.9. The summed E-state index contributed by atoms with van der Waals surface area (Å²) in [7, 11) is 0. The second kappa shape index (κ2) is 5.05. The fourth-order valence-corrected chi connectivity index (χ4v) is 2.43. The highest BCUT2D eigenvalue weighted by molar-refractivity contribution is 5.88. The standard InChI is InChI=1S/C15H8F3NO4/c1-2-7-9-13(12(18)11(17)10(7)16)19(6-3-4-6)5-8(14(9)20)23-15(21)22/h1,5-6H,3-4H2,(H,21,22). The first kappa shape index (κ1) is 15.0. The molecule has 5 nitrogen and oxygen atoms in total. The molecule has 0 radical (unpaired) electrons. The maximum atomic E-state index is 14.2. The molecule has 1 aromatic carbocycles. The van der Waals surface area contributed by atoms with Crippen molar-refractivity contribution in [3.05, 3.63) is 39.4 Å². The largest absolute Gasteiger partial charge is 0.511 e. The Morgan fingerprint density at radius 2 is 1.96 bits per heavy atom. The van der Waals surface area contributed by atoms with E-state index in [1.54, 1.807) is 0 Å². The van der Waals surface area contributed by atoms with Gasteiger partial charge in [-0.05, 0) is 12.8 Å². The van der Waals surface area contributed by atoms with Crippen LogP contribution in [0, 0.1) is 29.8 Å². The summed E-state index contributed by atoms with van der Waals surface area (Å²) in [5, 5.41) is 8.05. The molecule has 1 aromatic heterocycles. The molecule has 1 fully saturated rings. The fourth-order valence-electron chi connectivity index (χ4n) is 2.43. The number of benzene rings is 1. The van der Waals surface area contributed by atoms with Crippen LogP contribution < -0.4 is 10.2 Å². The molecule has 1 saturated carbocycles. The molecule has 0 bridgehead atoms. The second-order valence-electron chi connectivity index (χ2n) is 5.01. The lowest BCUT2D eigenvalue weighted by Gasteiger charge is -2.14. The predicted molar refractivity (Wildman–Crippen MR) is 72.9 cm³/mol. The molecule has 1 aliphatic rings. The molecule has 0 saturated heterocycles. The number of ether oxygens (including phenoxy) is 1. The van der Waals surface area contributed by atoms with E-state index in [4.69, 9.17) is 11.5 Å². The van der Waals surface area contributed by atoms with Crippen molar-refractivity contribution in [1.29, 1.82) is 0 Å². The van der Waals surface area contributed by atoms with Crippen LogP contribution in [0.2, 0.25) is 0 Å². The molecule has 118 valence electrons. The van der Waals surface area contributed by atoms with Crippen LogP contribution in [0.4, 0.5) is 18.0 Å². The van der Waals surface area contributed by atoms with Crippen molar-refractivity contribution in [3.8, 4) is 18.1 Å². The Balaban J connectivity index is 2.53. The number of terminal acetylenes is 1. The third-order valence-corrected chi connectivity index (χ3v) is 3.55. The minimum Gasteiger partial charge on any atom is -0.449 e. The third kappa shape index (κ3) is 2.21. The summed E-state index contributed by atoms with van der Waals surface area (Å²) in [6.45, 7) is 0. The molecular formula is C15H8F3NO4. The van der Waals surface area contributed by atoms with Gasteiger partial charge >= 0.3 is 6.16 Å². The summed E-state index contributed by atoms with van der Waals surface area (Å²) in [5.74, 6) is -3.85. The van der Waals surface area contributed by atoms with Gasteiger partial charge in [0, 0.05) is 6.04 Å². The SMILES string of the molecule is C#Cc1c(F)c(F)c(F)c2c1c(=O)c(OC(=O)O)cn2C1CC1. The van der Waals surface area contributed by atoms with Crippen molar-refractivity contribution in [2.75, 3.05) is 0 Å². The average molecular weight is 323 g/mol. The van der Waals surface area contributed by atoms with Gasteiger partial charge in [0.15, 0.2) is 23.2 Å². The summed E-state index contributed by atoms with van der Waals surface area (Å²) in [6, 6.07) is -0.278. The first-order valence-corrected chi connectivity index (χ1v) is 6.49. The summed E-state index contributed by atoms with van der Waals surface area (Å²) in [6.07, 6.45) is 5.52. The fraction of sp³-hybridized carbons (Fsp3) is 0.200. The number of carbonyl (C=O) groups is 1. The van der Waals surface area contributed by atoms with Crippen molar-refractivity contribution in [3.63, 3.8) is 0 Å². The first-order valence-electron chi connectivity index (χ1n) is 6.49. The number of carboxylic acid groups (broad SMARTS) is 1. The maximum Gasteiger partial charge on any atom is 0.511 e. The lowest BCUT2D eigenvalue weighted by atomic mass is 10.1. The van der Waals surface area contributed by atoms with E-state index in [1.807, 2.05) is 5.92 Å². The van der Waals surface area contributed by atoms with Crippen molar-refractivity contribution < 1.29 is 27.8 Å². The monoisotopic (exact) mass is 323 g/mol. The van der Waals surface area contributed by atoms with Crippen molar-refractivity contribution in [2.24, 2.45) is 0 Å². The number of aromatic nitrogens is 1. The zero-order chi connectivity index (χ0) is 16.9. The van der Waals surface area contributed by atoms with Gasteiger partial charge in [-0.1, -0.05) is 5.92 Å². The van der Waals surface area contributed by atoms with Crippen LogP contribution in [0.3, 0.4) is 0 Å². The second-order valence-corrected chi connectivity index (χ2v) is 5.01. The van der Waals surface area contributed by atoms with E-state index in [9.17, 15) is 22.8 Å². The molecule has 8 heteroatoms. The van der Waals surface area contributed by atoms with E-state index in [-0.39, 0.29) is 6.04 Å². The molecule has 0 spiro atoms. The topological polar surface area (TPSA) is 68.5 Å². The van der Waals surface area contributed by atoms with Gasteiger partial charge in [-0.25, -0.2) is 18.0 Å². The number of hydrogen-bond donors (Lipinski definition) is 1. The zero-order valence-corrected chi connectivity index (χ0v) is 11.4. The molecule has 1 N–H and O–H groups in total. The Morgan fingerprint density at radius 3 is 2.48 bits per heavy atom. The highest BCUT2D eigenvalue weighted by Crippen LogP contribution is 2.39. The van der Waals surface area contributed by atoms with Gasteiger partial charge in [0.05, 0.1) is 22.7 Å². The number of hydrogen-bond acceptors (Lipinski definition) is 3. The molecular weight excluding hydrogens is 315 g/mol. The van der Waals surface area contributed by atoms with Crippen LogP contribution in [0.25, 0.3) is 10.9 Å². The molecule has 3 rings (SSSR count). The number of nitrogens with zero attached hydrogens (tertiary/aromatic N) is 1. The van der Waals surface area contributed by atoms with Crippen LogP contribution in [0.15, 0.2) is 11.0 Å². The van der Waals surface area contributed by atoms with Crippen LogP contribution >= 0.6 is 0 Å². The third-order valence-electron chi connectivity index (χ3n) is 3.55. The van der Waals surface area contributed by atoms with Crippen LogP contribution in [0.1, 0.15) is 24.4 Å². The van der Waals surface area contributed by atoms with E-state index in [0.717, 1.165) is 10.8 Å². The normalized spacial score (nSPS) is 13.8. The van der Waals surface area contributed by atoms with Gasteiger partial charge in [-0.2, -0.15) is 0 Å². The molecule has 1 heterocycles. The lowest BCUT2D eigenvalue weighted by molar-refractivity contribution is 0.143. The Kier molecular flexibility index (Phi) is 3.29. The molecule has 0 atom stereocenters. The van der Waals surface area contributed by atoms with E-state index >= 15 is 0 Å².